The fourth-order valence-corrected chi connectivity index (χ4v) is 19.7. The molecule has 3 aromatic heterocycles. The Morgan fingerprint density at radius 2 is 0.762 bits per heavy atom. The second-order valence-electron chi connectivity index (χ2n) is 35.1. The van der Waals surface area contributed by atoms with Gasteiger partial charge in [-0.2, -0.15) is 4.98 Å². The van der Waals surface area contributed by atoms with Gasteiger partial charge in [-0.25, -0.2) is 9.97 Å². The van der Waals surface area contributed by atoms with Gasteiger partial charge in [-0.15, -0.1) is 10.2 Å². The molecule has 8 N–H and O–H groups in total. The maximum Gasteiger partial charge on any atom is 0.250 e. The molecule has 14 heterocycles. The number of β-lactam (4-membered cyclic amide) rings is 5. The standard InChI is InChI=1S/C19H29N3O5.C18H24N4O4.2C16H22N4O5.C14H22N4O5/c1-13(23)16(17(26)20-7-3-4-8-20)10-15(25)11-21-12-19(18(21)27)6-5-9-22(19)14(2)24;1-12(23)15(16-19-6-4-7-20-16)9-14(25)10-21-11-18(17(21)26)5-3-8-22(18)13(2)24;1-10(21)13(14-18-17-9-25-14)6-12(23)7-19-8-16(15(19)24)4-3-5-20(16)11(2)22;1-10(21)13(14-17-9-18-25-14)6-12(23)7-19-8-16(15(19)24)4-3-5-20(16)11(2)22;1-8(19)11(12(15)22)16-10(21)6-17-7-14(13(17)23)4-3-5-18(14)9(2)20/h13,16,23H,3-12H2,1-2H3;4,6-7,12,15,23H,3,5,8-11H2,1-2H3;2*9-10,13,21H,3-8H2,1-2H3;8,11,19H,3-7H2,1-2H3,(H2,15,22)(H,16,21)/t13-,16+,19?;12-,15+,18?;2*10-,13+,16?;8-,11+,14?/m11111/s1. The minimum absolute atomic E-state index is 0.00701. The number of hydrogen-bond donors (Lipinski definition) is 7. The summed E-state index contributed by atoms with van der Waals surface area (Å²) in [5, 5.41) is 62.2. The van der Waals surface area contributed by atoms with Crippen LogP contribution in [0.5, 0.6) is 0 Å². The molecule has 13 amide bonds. The summed E-state index contributed by atoms with van der Waals surface area (Å²) in [6.07, 6.45) is 10.1. The van der Waals surface area contributed by atoms with Gasteiger partial charge in [0.05, 0.1) is 120 Å². The number of rotatable bonds is 29. The van der Waals surface area contributed by atoms with Crippen molar-refractivity contribution in [1.29, 1.82) is 0 Å². The van der Waals surface area contributed by atoms with E-state index < -0.39 is 99.7 Å². The Hall–Kier alpha value is -11.0. The average molecular weight is 1770 g/mol. The number of carbonyl (C=O) groups excluding carboxylic acids is 17. The van der Waals surface area contributed by atoms with Crippen molar-refractivity contribution in [2.24, 2.45) is 11.7 Å². The van der Waals surface area contributed by atoms with Crippen LogP contribution in [0.3, 0.4) is 0 Å². The predicted molar refractivity (Wildman–Crippen MR) is 436 cm³/mol. The first-order valence-electron chi connectivity index (χ1n) is 43.0. The Labute approximate surface area is 728 Å². The molecule has 14 rings (SSSR count). The van der Waals surface area contributed by atoms with Crippen LogP contribution in [0.25, 0.3) is 0 Å². The SMILES string of the molecule is CC(=O)N1CCCC12CN(CC(=O)C[C@H](C(=O)N1CCCC1)[C@@H](C)O)C2=O.CC(=O)N1CCCC12CN(CC(=O)C[C@H](c1ncccn1)[C@@H](C)O)C2=O.CC(=O)N1CCCC12CN(CC(=O)C[C@H](c1ncno1)[C@@H](C)O)C2=O.CC(=O)N1CCCC12CN(CC(=O)C[C@H](c1nnco1)[C@@H](C)O)C2=O.CC(=O)N1CCCC12CN(CC(=O)N[C@H](C(N)=O)[C@@H](C)O)C2=O. The number of nitrogens with two attached hydrogens (primary N) is 1. The minimum Gasteiger partial charge on any atom is -0.428 e. The quantitative estimate of drug-likeness (QED) is 0.0339. The molecule has 0 aromatic carbocycles. The third-order valence-electron chi connectivity index (χ3n) is 26.1. The average Bonchev–Trinajstić information content (AvgIpc) is 1.38. The van der Waals surface area contributed by atoms with Gasteiger partial charge in [0.25, 0.3) is 29.5 Å². The highest BCUT2D eigenvalue weighted by atomic mass is 16.5. The van der Waals surface area contributed by atoms with Crippen LogP contribution >= 0.6 is 0 Å². The van der Waals surface area contributed by atoms with Crippen LogP contribution in [-0.4, -0.2) is 385 Å². The van der Waals surface area contributed by atoms with Crippen LogP contribution < -0.4 is 11.1 Å². The molecule has 126 heavy (non-hydrogen) atoms. The normalized spacial score (nSPS) is 25.6. The zero-order chi connectivity index (χ0) is 92.4. The smallest absolute Gasteiger partial charge is 0.250 e. The molecule has 5 spiro atoms. The Balaban J connectivity index is 0.000000165. The molecule has 3 aromatic rings. The van der Waals surface area contributed by atoms with E-state index in [0.29, 0.717) is 116 Å². The van der Waals surface area contributed by atoms with E-state index in [4.69, 9.17) is 14.7 Å². The third kappa shape index (κ3) is 20.6. The van der Waals surface area contributed by atoms with E-state index in [-0.39, 0.29) is 158 Å². The number of carbonyl (C=O) groups is 17. The lowest BCUT2D eigenvalue weighted by Gasteiger charge is -2.50. The van der Waals surface area contributed by atoms with E-state index in [9.17, 15) is 107 Å². The summed E-state index contributed by atoms with van der Waals surface area (Å²) >= 11 is 0. The Bertz CT molecular complexity index is 4430. The molecule has 11 aliphatic heterocycles. The summed E-state index contributed by atoms with van der Waals surface area (Å²) in [6.45, 7) is 20.6. The molecule has 43 heteroatoms. The Kier molecular flexibility index (Phi) is 31.4. The molecule has 690 valence electrons. The number of ketones is 4. The van der Waals surface area contributed by atoms with Crippen molar-refractivity contribution in [3.8, 4) is 0 Å². The predicted octanol–water partition coefficient (Wildman–Crippen LogP) is -3.09. The molecule has 15 atom stereocenters. The summed E-state index contributed by atoms with van der Waals surface area (Å²) in [5.74, 6) is -5.52. The summed E-state index contributed by atoms with van der Waals surface area (Å²) < 4.78 is 10.0. The summed E-state index contributed by atoms with van der Waals surface area (Å²) in [7, 11) is 0. The first kappa shape index (κ1) is 97.2. The number of aliphatic hydroxyl groups excluding tert-OH is 5. The van der Waals surface area contributed by atoms with Gasteiger partial charge >= 0.3 is 0 Å². The third-order valence-corrected chi connectivity index (χ3v) is 26.1. The maximum absolute atomic E-state index is 12.7. The largest absolute Gasteiger partial charge is 0.428 e. The molecule has 11 saturated heterocycles. The number of amides is 13. The van der Waals surface area contributed by atoms with Gasteiger partial charge in [0.2, 0.25) is 65.4 Å². The van der Waals surface area contributed by atoms with E-state index in [1.807, 2.05) is 0 Å². The van der Waals surface area contributed by atoms with Gasteiger partial charge in [-0.05, 0) is 118 Å². The summed E-state index contributed by atoms with van der Waals surface area (Å²) in [6, 6.07) is 0.471. The number of hydrogen-bond acceptors (Lipinski definition) is 30. The number of aromatic nitrogens is 6. The molecule has 11 fully saturated rings. The molecule has 43 nitrogen and oxygen atoms in total. The highest BCUT2D eigenvalue weighted by molar-refractivity contribution is 6.04. The molecule has 5 unspecified atom stereocenters. The van der Waals surface area contributed by atoms with Crippen molar-refractivity contribution >= 4 is 99.9 Å². The number of Topliss-reactive ketones (excluding diaryl/α,β-unsaturated/α-hetero) is 4. The lowest BCUT2D eigenvalue weighted by molar-refractivity contribution is -0.168. The van der Waals surface area contributed by atoms with Crippen molar-refractivity contribution in [1.82, 2.24) is 89.5 Å². The number of likely N-dealkylation sites (tertiary alicyclic amines) is 11. The van der Waals surface area contributed by atoms with Crippen LogP contribution in [0.4, 0.5) is 0 Å². The van der Waals surface area contributed by atoms with Gasteiger partial charge in [-0.1, -0.05) is 5.16 Å². The summed E-state index contributed by atoms with van der Waals surface area (Å²) in [5.41, 5.74) is 1.30. The van der Waals surface area contributed by atoms with Crippen molar-refractivity contribution < 1.29 is 116 Å². The monoisotopic (exact) mass is 1770 g/mol. The fraction of sp³-hybridized carbons (Fsp3) is 0.699. The highest BCUT2D eigenvalue weighted by Gasteiger charge is 2.64. The first-order valence-corrected chi connectivity index (χ1v) is 43.0. The van der Waals surface area contributed by atoms with Crippen LogP contribution in [0.2, 0.25) is 0 Å². The van der Waals surface area contributed by atoms with Gasteiger partial charge in [0.15, 0.2) is 29.5 Å². The fourth-order valence-electron chi connectivity index (χ4n) is 19.7. The van der Waals surface area contributed by atoms with Crippen LogP contribution in [0.15, 0.2) is 40.1 Å². The van der Waals surface area contributed by atoms with Crippen molar-refractivity contribution in [2.45, 2.75) is 254 Å². The lowest BCUT2D eigenvalue weighted by Crippen LogP contribution is -2.73. The van der Waals surface area contributed by atoms with Gasteiger partial charge < -0.3 is 99.4 Å². The van der Waals surface area contributed by atoms with Crippen LogP contribution in [-0.2, 0) is 81.5 Å². The molecule has 11 aliphatic rings. The second kappa shape index (κ2) is 40.7. The van der Waals surface area contributed by atoms with E-state index in [0.717, 1.165) is 51.3 Å². The van der Waals surface area contributed by atoms with Gasteiger partial charge in [0, 0.05) is 119 Å². The second-order valence-corrected chi connectivity index (χ2v) is 35.1. The highest BCUT2D eigenvalue weighted by Crippen LogP contribution is 2.44. The topological polar surface area (TPSA) is 569 Å². The molecule has 0 radical (unpaired) electrons. The van der Waals surface area contributed by atoms with Gasteiger partial charge in [-0.3, -0.25) is 81.5 Å². The van der Waals surface area contributed by atoms with Crippen molar-refractivity contribution in [3.63, 3.8) is 0 Å². The van der Waals surface area contributed by atoms with E-state index >= 15 is 0 Å². The number of primary amides is 1. The van der Waals surface area contributed by atoms with E-state index in [2.05, 4.69) is 35.6 Å². The molecule has 0 saturated carbocycles. The van der Waals surface area contributed by atoms with E-state index in [1.54, 1.807) is 68.6 Å². The maximum atomic E-state index is 12.7. The molecule has 0 bridgehead atoms. The van der Waals surface area contributed by atoms with Crippen molar-refractivity contribution in [3.05, 3.63) is 48.8 Å². The lowest BCUT2D eigenvalue weighted by atomic mass is 9.85. The zero-order valence-electron chi connectivity index (χ0n) is 73.2. The van der Waals surface area contributed by atoms with Gasteiger partial charge in [0.1, 0.15) is 39.6 Å². The number of aliphatic hydroxyl groups is 5. The molecule has 0 aliphatic carbocycles. The van der Waals surface area contributed by atoms with Crippen LogP contribution in [0.1, 0.15) is 207 Å². The van der Waals surface area contributed by atoms with E-state index in [1.165, 1.54) is 79.3 Å². The number of nitrogens with one attached hydrogen (secondary N) is 1. The van der Waals surface area contributed by atoms with Crippen LogP contribution in [0, 0.1) is 5.92 Å². The van der Waals surface area contributed by atoms with Crippen molar-refractivity contribution in [2.75, 3.05) is 111 Å². The number of nitrogens with zero attached hydrogens (tertiary/aromatic N) is 17. The Morgan fingerprint density at radius 1 is 0.429 bits per heavy atom. The minimum atomic E-state index is -1.20. The Morgan fingerprint density at radius 3 is 1.05 bits per heavy atom. The summed E-state index contributed by atoms with van der Waals surface area (Å²) in [4.78, 5) is 236. The molecular weight excluding hydrogens is 1650 g/mol. The zero-order valence-corrected chi connectivity index (χ0v) is 73.2. The molecular formula is C83H119N19O24. The first-order chi connectivity index (χ1) is 59.5.